The van der Waals surface area contributed by atoms with Gasteiger partial charge in [0.15, 0.2) is 0 Å². The third-order valence-corrected chi connectivity index (χ3v) is 6.17. The van der Waals surface area contributed by atoms with Gasteiger partial charge in [-0.2, -0.15) is 5.10 Å². The molecule has 1 aromatic heterocycles. The Bertz CT molecular complexity index is 1070. The maximum atomic E-state index is 10.4. The fraction of sp³-hybridized carbons (Fsp3) is 0.435. The predicted molar refractivity (Wildman–Crippen MR) is 117 cm³/mol. The van der Waals surface area contributed by atoms with Crippen molar-refractivity contribution in [2.24, 2.45) is 0 Å². The molecule has 0 spiro atoms. The van der Waals surface area contributed by atoms with Crippen LogP contribution in [0.1, 0.15) is 42.7 Å². The number of ether oxygens (including phenoxy) is 1. The van der Waals surface area contributed by atoms with Crippen LogP contribution in [0.15, 0.2) is 42.6 Å². The zero-order valence-corrected chi connectivity index (χ0v) is 18.1. The Kier molecular flexibility index (Phi) is 6.35. The van der Waals surface area contributed by atoms with Gasteiger partial charge in [0.1, 0.15) is 30.5 Å². The van der Waals surface area contributed by atoms with E-state index in [1.165, 1.54) is 0 Å². The highest BCUT2D eigenvalue weighted by atomic mass is 35.5. The molecule has 0 aliphatic carbocycles. The second-order valence-electron chi connectivity index (χ2n) is 8.37. The number of aromatic nitrogens is 2. The van der Waals surface area contributed by atoms with Crippen molar-refractivity contribution >= 4 is 22.5 Å². The highest BCUT2D eigenvalue weighted by Crippen LogP contribution is 2.34. The van der Waals surface area contributed by atoms with Crippen molar-refractivity contribution in [1.82, 2.24) is 9.78 Å². The molecule has 1 aliphatic rings. The number of hydrogen-bond acceptors (Lipinski definition) is 6. The summed E-state index contributed by atoms with van der Waals surface area (Å²) in [5.41, 5.74) is 3.44. The number of aliphatic hydroxyl groups excluding tert-OH is 4. The fourth-order valence-electron chi connectivity index (χ4n) is 3.97. The molecule has 8 heteroatoms. The summed E-state index contributed by atoms with van der Waals surface area (Å²) in [4.78, 5) is 0. The van der Waals surface area contributed by atoms with Crippen molar-refractivity contribution in [2.45, 2.75) is 56.8 Å². The van der Waals surface area contributed by atoms with E-state index in [2.05, 4.69) is 25.0 Å². The molecule has 1 fully saturated rings. The second kappa shape index (κ2) is 8.86. The number of hydrogen-bond donors (Lipinski definition) is 4. The van der Waals surface area contributed by atoms with Gasteiger partial charge in [-0.15, -0.1) is 0 Å². The van der Waals surface area contributed by atoms with Crippen LogP contribution in [0.25, 0.3) is 10.9 Å². The first kappa shape index (κ1) is 22.2. The lowest BCUT2D eigenvalue weighted by Gasteiger charge is -2.40. The molecule has 0 amide bonds. The van der Waals surface area contributed by atoms with Crippen molar-refractivity contribution in [3.63, 3.8) is 0 Å². The van der Waals surface area contributed by atoms with E-state index >= 15 is 0 Å². The summed E-state index contributed by atoms with van der Waals surface area (Å²) in [6, 6.07) is 11.6. The molecule has 2 heterocycles. The van der Waals surface area contributed by atoms with Gasteiger partial charge in [-0.25, -0.2) is 0 Å². The lowest BCUT2D eigenvalue weighted by Crippen LogP contribution is -2.55. The second-order valence-corrected chi connectivity index (χ2v) is 8.78. The minimum atomic E-state index is -1.42. The van der Waals surface area contributed by atoms with Gasteiger partial charge in [-0.05, 0) is 55.2 Å². The first-order chi connectivity index (χ1) is 14.8. The van der Waals surface area contributed by atoms with E-state index in [1.807, 2.05) is 29.1 Å². The summed E-state index contributed by atoms with van der Waals surface area (Å²) in [6.45, 7) is 3.69. The summed E-state index contributed by atoms with van der Waals surface area (Å²) >= 11 is 6.44. The predicted octanol–water partition coefficient (Wildman–Crippen LogP) is 2.38. The van der Waals surface area contributed by atoms with Crippen LogP contribution in [0.5, 0.6) is 0 Å². The molecular weight excluding hydrogens is 420 g/mol. The third kappa shape index (κ3) is 4.35. The Morgan fingerprint density at radius 2 is 1.84 bits per heavy atom. The smallest absolute Gasteiger partial charge is 0.113 e. The standard InChI is InChI=1S/C23H27ClN2O5/c1-12(2)26-10-16-8-13(3-6-18(16)25-26)7-15-9-14(4-5-17(15)24)23-22(30)21(29)20(28)19(11-27)31-23/h3-6,8-10,12,19-23,27-30H,7,11H2,1-2H3/t19-,20-,21+,22-,23+/m1/s1. The summed E-state index contributed by atoms with van der Waals surface area (Å²) in [7, 11) is 0. The van der Waals surface area contributed by atoms with Crippen molar-refractivity contribution < 1.29 is 25.2 Å². The quantitative estimate of drug-likeness (QED) is 0.479. The van der Waals surface area contributed by atoms with Gasteiger partial charge in [-0.3, -0.25) is 4.68 Å². The number of halogens is 1. The Hall–Kier alpha value is -2.00. The molecule has 0 unspecified atom stereocenters. The molecule has 31 heavy (non-hydrogen) atoms. The molecule has 166 valence electrons. The first-order valence-corrected chi connectivity index (χ1v) is 10.7. The molecule has 4 N–H and O–H groups in total. The topological polar surface area (TPSA) is 108 Å². The SMILES string of the molecule is CC(C)n1cc2cc(Cc3cc([C@@H]4O[C@H](CO)[C@@H](O)[C@H](O)[C@H]4O)ccc3Cl)ccc2n1. The summed E-state index contributed by atoms with van der Waals surface area (Å²) < 4.78 is 7.61. The highest BCUT2D eigenvalue weighted by Gasteiger charge is 2.44. The minimum absolute atomic E-state index is 0.278. The van der Waals surface area contributed by atoms with Crippen LogP contribution in [0.2, 0.25) is 5.02 Å². The highest BCUT2D eigenvalue weighted by molar-refractivity contribution is 6.31. The Balaban J connectivity index is 1.61. The summed E-state index contributed by atoms with van der Waals surface area (Å²) in [5.74, 6) is 0. The van der Waals surface area contributed by atoms with E-state index < -0.39 is 37.1 Å². The number of aliphatic hydroxyl groups is 4. The molecular formula is C23H27ClN2O5. The molecule has 1 saturated heterocycles. The Morgan fingerprint density at radius 1 is 1.06 bits per heavy atom. The molecule has 0 saturated carbocycles. The van der Waals surface area contributed by atoms with Gasteiger partial charge >= 0.3 is 0 Å². The fourth-order valence-corrected chi connectivity index (χ4v) is 4.16. The van der Waals surface area contributed by atoms with Crippen molar-refractivity contribution in [1.29, 1.82) is 0 Å². The molecule has 7 nitrogen and oxygen atoms in total. The Labute approximate surface area is 185 Å². The van der Waals surface area contributed by atoms with Crippen LogP contribution in [0, 0.1) is 0 Å². The van der Waals surface area contributed by atoms with Gasteiger partial charge < -0.3 is 25.2 Å². The molecule has 0 radical (unpaired) electrons. The van der Waals surface area contributed by atoms with Crippen LogP contribution in [-0.4, -0.2) is 61.2 Å². The van der Waals surface area contributed by atoms with E-state index in [0.29, 0.717) is 17.0 Å². The van der Waals surface area contributed by atoms with Crippen molar-refractivity contribution in [2.75, 3.05) is 6.61 Å². The molecule has 2 aromatic carbocycles. The van der Waals surface area contributed by atoms with E-state index in [-0.39, 0.29) is 6.04 Å². The molecule has 4 rings (SSSR count). The largest absolute Gasteiger partial charge is 0.394 e. The van der Waals surface area contributed by atoms with Crippen molar-refractivity contribution in [3.8, 4) is 0 Å². The van der Waals surface area contributed by atoms with Crippen molar-refractivity contribution in [3.05, 3.63) is 64.3 Å². The summed E-state index contributed by atoms with van der Waals surface area (Å²) in [5, 5.41) is 46.2. The van der Waals surface area contributed by atoms with Gasteiger partial charge in [0.25, 0.3) is 0 Å². The maximum Gasteiger partial charge on any atom is 0.113 e. The Morgan fingerprint density at radius 3 is 2.55 bits per heavy atom. The summed E-state index contributed by atoms with van der Waals surface area (Å²) in [6.07, 6.45) is -3.40. The van der Waals surface area contributed by atoms with E-state index in [4.69, 9.17) is 16.3 Å². The van der Waals surface area contributed by atoms with E-state index in [0.717, 1.165) is 22.0 Å². The molecule has 5 atom stereocenters. The average Bonchev–Trinajstić information content (AvgIpc) is 3.18. The van der Waals surface area contributed by atoms with E-state index in [9.17, 15) is 20.4 Å². The van der Waals surface area contributed by atoms with Gasteiger partial charge in [0.05, 0.1) is 12.1 Å². The first-order valence-electron chi connectivity index (χ1n) is 10.3. The van der Waals surface area contributed by atoms with Crippen LogP contribution >= 0.6 is 11.6 Å². The lowest BCUT2D eigenvalue weighted by atomic mass is 9.90. The van der Waals surface area contributed by atoms with Gasteiger partial charge in [0.2, 0.25) is 0 Å². The van der Waals surface area contributed by atoms with Crippen LogP contribution in [-0.2, 0) is 11.2 Å². The molecule has 3 aromatic rings. The monoisotopic (exact) mass is 446 g/mol. The third-order valence-electron chi connectivity index (χ3n) is 5.80. The van der Waals surface area contributed by atoms with Crippen LogP contribution in [0.3, 0.4) is 0 Å². The minimum Gasteiger partial charge on any atom is -0.394 e. The molecule has 0 bridgehead atoms. The normalized spacial score (nSPS) is 26.6. The average molecular weight is 447 g/mol. The zero-order chi connectivity index (χ0) is 22.3. The maximum absolute atomic E-state index is 10.4. The molecule has 1 aliphatic heterocycles. The van der Waals surface area contributed by atoms with Gasteiger partial charge in [0, 0.05) is 22.6 Å². The number of rotatable bonds is 5. The number of benzene rings is 2. The van der Waals surface area contributed by atoms with E-state index in [1.54, 1.807) is 12.1 Å². The van der Waals surface area contributed by atoms with Gasteiger partial charge in [-0.1, -0.05) is 29.8 Å². The zero-order valence-electron chi connectivity index (χ0n) is 17.4. The number of fused-ring (bicyclic) bond motifs is 1. The van der Waals surface area contributed by atoms with Crippen LogP contribution in [0.4, 0.5) is 0 Å². The number of nitrogens with zero attached hydrogens (tertiary/aromatic N) is 2. The van der Waals surface area contributed by atoms with Crippen LogP contribution < -0.4 is 0 Å². The lowest BCUT2D eigenvalue weighted by molar-refractivity contribution is -0.231.